The third-order valence-electron chi connectivity index (χ3n) is 6.23. The van der Waals surface area contributed by atoms with Crippen LogP contribution in [0, 0.1) is 0 Å². The number of aliphatic carboxylic acids is 4. The highest BCUT2D eigenvalue weighted by molar-refractivity contribution is 7.99. The molecule has 2 aliphatic rings. The molecule has 12 nitrogen and oxygen atoms in total. The largest absolute Gasteiger partial charge is 0.478 e. The van der Waals surface area contributed by atoms with Crippen molar-refractivity contribution >= 4 is 53.2 Å². The number of carboxylic acid groups (broad SMARTS) is 4. The standard InChI is InChI=1S/C22H25ClN2O2S.2C4H4O4/c1-16(26)27-13-12-24-8-10-25(11-9-24)20-14-17-4-2-3-5-21(17)28-22-7-6-18(23)15-19(20)22;2*5-3(6)1-2-4(7)8/h2-7,15,20H,8-14H2,1H3;2*1-2H,(H,5,6)(H,7,8)/b;2*2-1+. The highest BCUT2D eigenvalue weighted by atomic mass is 35.5. The molecular formula is C30H33ClN2O10S. The lowest BCUT2D eigenvalue weighted by Gasteiger charge is -2.39. The molecule has 236 valence electrons. The zero-order valence-corrected chi connectivity index (χ0v) is 25.4. The normalized spacial score (nSPS) is 16.3. The van der Waals surface area contributed by atoms with Gasteiger partial charge in [0.05, 0.1) is 0 Å². The van der Waals surface area contributed by atoms with Gasteiger partial charge in [0.15, 0.2) is 0 Å². The molecule has 2 aliphatic heterocycles. The summed E-state index contributed by atoms with van der Waals surface area (Å²) in [6.07, 6.45) is 3.24. The van der Waals surface area contributed by atoms with Crippen LogP contribution in [0.5, 0.6) is 0 Å². The van der Waals surface area contributed by atoms with E-state index in [4.69, 9.17) is 36.8 Å². The van der Waals surface area contributed by atoms with Gasteiger partial charge in [-0.25, -0.2) is 19.2 Å². The number of halogens is 1. The monoisotopic (exact) mass is 648 g/mol. The maximum atomic E-state index is 11.0. The topological polar surface area (TPSA) is 182 Å². The summed E-state index contributed by atoms with van der Waals surface area (Å²) in [6, 6.07) is 15.3. The number of benzene rings is 2. The van der Waals surface area contributed by atoms with Gasteiger partial charge in [-0.1, -0.05) is 41.6 Å². The second kappa shape index (κ2) is 18.5. The first-order chi connectivity index (χ1) is 20.8. The Morgan fingerprint density at radius 3 is 1.91 bits per heavy atom. The van der Waals surface area contributed by atoms with Crippen LogP contribution in [0.3, 0.4) is 0 Å². The van der Waals surface area contributed by atoms with Crippen molar-refractivity contribution in [3.63, 3.8) is 0 Å². The molecule has 0 aliphatic carbocycles. The van der Waals surface area contributed by atoms with Gasteiger partial charge >= 0.3 is 29.8 Å². The van der Waals surface area contributed by atoms with E-state index in [1.165, 1.54) is 27.8 Å². The minimum atomic E-state index is -1.26. The van der Waals surface area contributed by atoms with Crippen molar-refractivity contribution in [1.29, 1.82) is 0 Å². The lowest BCUT2D eigenvalue weighted by molar-refractivity contribution is -0.141. The smallest absolute Gasteiger partial charge is 0.328 e. The summed E-state index contributed by atoms with van der Waals surface area (Å²) in [5.74, 6) is -5.23. The van der Waals surface area contributed by atoms with E-state index in [1.807, 2.05) is 17.8 Å². The van der Waals surface area contributed by atoms with E-state index < -0.39 is 23.9 Å². The summed E-state index contributed by atoms with van der Waals surface area (Å²) in [4.78, 5) is 56.8. The number of fused-ring (bicyclic) bond motifs is 2. The number of carboxylic acids is 4. The first kappa shape index (κ1) is 36.0. The Labute approximate surface area is 263 Å². The SMILES string of the molecule is CC(=O)OCCN1CCN(C2Cc3ccccc3Sc3ccc(Cl)cc32)CC1.O=C(O)/C=C/C(=O)O.O=C(O)/C=C/C(=O)O. The fourth-order valence-corrected chi connectivity index (χ4v) is 5.60. The lowest BCUT2D eigenvalue weighted by Crippen LogP contribution is -2.48. The van der Waals surface area contributed by atoms with Crippen molar-refractivity contribution in [3.8, 4) is 0 Å². The maximum absolute atomic E-state index is 11.0. The van der Waals surface area contributed by atoms with Crippen LogP contribution < -0.4 is 0 Å². The number of esters is 1. The van der Waals surface area contributed by atoms with Crippen LogP contribution in [0.1, 0.15) is 24.1 Å². The van der Waals surface area contributed by atoms with Crippen LogP contribution in [0.2, 0.25) is 5.02 Å². The molecule has 2 aromatic rings. The molecule has 4 rings (SSSR count). The number of carbonyl (C=O) groups excluding carboxylic acids is 1. The van der Waals surface area contributed by atoms with Gasteiger partial charge in [0.1, 0.15) is 6.61 Å². The van der Waals surface area contributed by atoms with Crippen LogP contribution in [0.4, 0.5) is 0 Å². The van der Waals surface area contributed by atoms with Gasteiger partial charge in [-0.3, -0.25) is 14.6 Å². The first-order valence-corrected chi connectivity index (χ1v) is 14.5. The molecule has 4 N–H and O–H groups in total. The van der Waals surface area contributed by atoms with E-state index in [-0.39, 0.29) is 5.97 Å². The van der Waals surface area contributed by atoms with Gasteiger partial charge in [-0.05, 0) is 41.8 Å². The molecule has 0 saturated carbocycles. The molecule has 1 fully saturated rings. The lowest BCUT2D eigenvalue weighted by atomic mass is 9.96. The van der Waals surface area contributed by atoms with Crippen molar-refractivity contribution in [2.24, 2.45) is 0 Å². The molecule has 0 spiro atoms. The number of carbonyl (C=O) groups is 5. The van der Waals surface area contributed by atoms with Gasteiger partial charge in [-0.15, -0.1) is 0 Å². The van der Waals surface area contributed by atoms with Crippen molar-refractivity contribution in [1.82, 2.24) is 9.80 Å². The van der Waals surface area contributed by atoms with E-state index in [2.05, 4.69) is 46.2 Å². The van der Waals surface area contributed by atoms with Gasteiger partial charge in [0.25, 0.3) is 0 Å². The molecule has 2 heterocycles. The highest BCUT2D eigenvalue weighted by Gasteiger charge is 2.30. The van der Waals surface area contributed by atoms with E-state index in [0.717, 1.165) is 44.2 Å². The Morgan fingerprint density at radius 1 is 0.841 bits per heavy atom. The van der Waals surface area contributed by atoms with Crippen LogP contribution in [-0.2, 0) is 35.1 Å². The molecule has 14 heteroatoms. The van der Waals surface area contributed by atoms with Crippen molar-refractivity contribution in [2.75, 3.05) is 39.3 Å². The second-order valence-electron chi connectivity index (χ2n) is 9.35. The minimum Gasteiger partial charge on any atom is -0.478 e. The number of ether oxygens (including phenoxy) is 1. The first-order valence-electron chi connectivity index (χ1n) is 13.3. The molecule has 0 bridgehead atoms. The van der Waals surface area contributed by atoms with Gasteiger partial charge in [0.2, 0.25) is 0 Å². The van der Waals surface area contributed by atoms with Gasteiger partial charge in [0, 0.05) is 84.8 Å². The number of hydrogen-bond acceptors (Lipinski definition) is 9. The maximum Gasteiger partial charge on any atom is 0.328 e. The molecule has 0 aromatic heterocycles. The quantitative estimate of drug-likeness (QED) is 0.240. The Bertz CT molecular complexity index is 1320. The average molecular weight is 649 g/mol. The fraction of sp³-hybridized carbons (Fsp3) is 0.300. The Kier molecular flexibility index (Phi) is 15.1. The number of hydrogen-bond donors (Lipinski definition) is 4. The molecule has 0 radical (unpaired) electrons. The minimum absolute atomic E-state index is 0.207. The van der Waals surface area contributed by atoms with E-state index in [0.29, 0.717) is 37.0 Å². The van der Waals surface area contributed by atoms with E-state index >= 15 is 0 Å². The summed E-state index contributed by atoms with van der Waals surface area (Å²) in [5, 5.41) is 32.1. The summed E-state index contributed by atoms with van der Waals surface area (Å²) < 4.78 is 5.09. The van der Waals surface area contributed by atoms with Gasteiger partial charge in [-0.2, -0.15) is 0 Å². The molecule has 1 unspecified atom stereocenters. The summed E-state index contributed by atoms with van der Waals surface area (Å²) in [5.41, 5.74) is 2.74. The Morgan fingerprint density at radius 2 is 1.39 bits per heavy atom. The molecule has 1 atom stereocenters. The molecular weight excluding hydrogens is 616 g/mol. The number of piperazine rings is 1. The van der Waals surface area contributed by atoms with E-state index in [9.17, 15) is 24.0 Å². The molecule has 44 heavy (non-hydrogen) atoms. The number of nitrogens with zero attached hydrogens (tertiary/aromatic N) is 2. The molecule has 1 saturated heterocycles. The van der Waals surface area contributed by atoms with Crippen LogP contribution in [-0.4, -0.2) is 99.4 Å². The third kappa shape index (κ3) is 13.4. The van der Waals surface area contributed by atoms with Crippen molar-refractivity contribution < 1.29 is 49.1 Å². The Balaban J connectivity index is 0.000000349. The van der Waals surface area contributed by atoms with Crippen LogP contribution in [0.15, 0.2) is 76.6 Å². The van der Waals surface area contributed by atoms with Crippen LogP contribution in [0.25, 0.3) is 0 Å². The van der Waals surface area contributed by atoms with E-state index in [1.54, 1.807) is 0 Å². The Hall–Kier alpha value is -4.17. The predicted molar refractivity (Wildman–Crippen MR) is 162 cm³/mol. The second-order valence-corrected chi connectivity index (χ2v) is 10.9. The fourth-order valence-electron chi connectivity index (χ4n) is 4.31. The average Bonchev–Trinajstić information content (AvgIpc) is 3.12. The zero-order valence-electron chi connectivity index (χ0n) is 23.8. The summed E-state index contributed by atoms with van der Waals surface area (Å²) in [6.45, 7) is 6.72. The highest BCUT2D eigenvalue weighted by Crippen LogP contribution is 2.43. The summed E-state index contributed by atoms with van der Waals surface area (Å²) >= 11 is 8.22. The molecule has 0 amide bonds. The molecule has 2 aromatic carbocycles. The zero-order chi connectivity index (χ0) is 32.6. The third-order valence-corrected chi connectivity index (χ3v) is 7.68. The number of rotatable bonds is 8. The van der Waals surface area contributed by atoms with Gasteiger partial charge < -0.3 is 25.2 Å². The van der Waals surface area contributed by atoms with Crippen molar-refractivity contribution in [2.45, 2.75) is 29.2 Å². The van der Waals surface area contributed by atoms with Crippen LogP contribution >= 0.6 is 23.4 Å². The van der Waals surface area contributed by atoms with Crippen molar-refractivity contribution in [3.05, 3.63) is 82.9 Å². The predicted octanol–water partition coefficient (Wildman–Crippen LogP) is 3.69. The summed E-state index contributed by atoms with van der Waals surface area (Å²) in [7, 11) is 0.